The maximum absolute atomic E-state index is 13.4. The zero-order chi connectivity index (χ0) is 20.3. The molecule has 148 valence electrons. The third-order valence-corrected chi connectivity index (χ3v) is 5.91. The maximum atomic E-state index is 13.4. The van der Waals surface area contributed by atoms with Gasteiger partial charge in [0.15, 0.2) is 5.13 Å². The Hall–Kier alpha value is -2.44. The van der Waals surface area contributed by atoms with Crippen LogP contribution in [-0.4, -0.2) is 45.2 Å². The SMILES string of the molecule is COc1ccccc1C(=O)N(CCC[NH+](C)C)c1nc2cc(C)c(C)cc2s1. The Balaban J connectivity index is 2.00. The molecule has 0 atom stereocenters. The number of nitrogens with one attached hydrogen (secondary N) is 1. The quantitative estimate of drug-likeness (QED) is 0.665. The van der Waals surface area contributed by atoms with E-state index in [1.165, 1.54) is 16.0 Å². The minimum Gasteiger partial charge on any atom is -0.496 e. The molecular weight excluding hydrogens is 370 g/mol. The van der Waals surface area contributed by atoms with E-state index in [4.69, 9.17) is 9.72 Å². The molecule has 0 saturated carbocycles. The molecule has 0 spiro atoms. The summed E-state index contributed by atoms with van der Waals surface area (Å²) in [6.45, 7) is 5.80. The third-order valence-electron chi connectivity index (χ3n) is 4.86. The van der Waals surface area contributed by atoms with Crippen molar-refractivity contribution in [1.29, 1.82) is 0 Å². The van der Waals surface area contributed by atoms with Gasteiger partial charge in [0.1, 0.15) is 5.75 Å². The van der Waals surface area contributed by atoms with Crippen LogP contribution in [0.15, 0.2) is 36.4 Å². The molecule has 0 fully saturated rings. The number of benzene rings is 2. The van der Waals surface area contributed by atoms with Crippen LogP contribution in [0.2, 0.25) is 0 Å². The molecule has 1 aromatic heterocycles. The molecule has 0 bridgehead atoms. The number of fused-ring (bicyclic) bond motifs is 1. The van der Waals surface area contributed by atoms with Crippen LogP contribution in [0.5, 0.6) is 5.75 Å². The number of hydrogen-bond donors (Lipinski definition) is 1. The van der Waals surface area contributed by atoms with Crippen molar-refractivity contribution in [2.24, 2.45) is 0 Å². The second kappa shape index (κ2) is 8.71. The zero-order valence-electron chi connectivity index (χ0n) is 17.2. The number of rotatable bonds is 7. The van der Waals surface area contributed by atoms with Gasteiger partial charge in [0, 0.05) is 13.0 Å². The Morgan fingerprint density at radius 3 is 2.61 bits per heavy atom. The topological polar surface area (TPSA) is 46.9 Å². The number of carbonyl (C=O) groups is 1. The summed E-state index contributed by atoms with van der Waals surface area (Å²) >= 11 is 1.57. The van der Waals surface area contributed by atoms with Gasteiger partial charge in [-0.25, -0.2) is 4.98 Å². The third kappa shape index (κ3) is 4.34. The van der Waals surface area contributed by atoms with Gasteiger partial charge in [0.2, 0.25) is 0 Å². The number of thiazole rings is 1. The van der Waals surface area contributed by atoms with E-state index < -0.39 is 0 Å². The highest BCUT2D eigenvalue weighted by atomic mass is 32.1. The van der Waals surface area contributed by atoms with E-state index in [1.807, 2.05) is 24.3 Å². The van der Waals surface area contributed by atoms with Crippen molar-refractivity contribution in [2.45, 2.75) is 20.3 Å². The molecule has 0 aliphatic heterocycles. The van der Waals surface area contributed by atoms with Crippen molar-refractivity contribution >= 4 is 32.6 Å². The van der Waals surface area contributed by atoms with Gasteiger partial charge in [0.25, 0.3) is 5.91 Å². The lowest BCUT2D eigenvalue weighted by atomic mass is 10.1. The summed E-state index contributed by atoms with van der Waals surface area (Å²) in [4.78, 5) is 21.4. The van der Waals surface area contributed by atoms with Crippen LogP contribution in [0, 0.1) is 13.8 Å². The first-order valence-electron chi connectivity index (χ1n) is 9.52. The molecule has 3 rings (SSSR count). The molecule has 3 aromatic rings. The molecule has 0 aliphatic carbocycles. The standard InChI is InChI=1S/C22H27N3O2S/c1-15-13-18-20(14-16(15)2)28-22(23-18)25(12-8-11-24(3)4)21(26)17-9-6-7-10-19(17)27-5/h6-7,9-10,13-14H,8,11-12H2,1-5H3/p+1. The van der Waals surface area contributed by atoms with Crippen LogP contribution < -0.4 is 14.5 Å². The number of ether oxygens (including phenoxy) is 1. The van der Waals surface area contributed by atoms with Crippen LogP contribution in [0.1, 0.15) is 27.9 Å². The molecule has 1 heterocycles. The van der Waals surface area contributed by atoms with E-state index in [1.54, 1.807) is 23.3 Å². The smallest absolute Gasteiger partial charge is 0.263 e. The van der Waals surface area contributed by atoms with E-state index in [2.05, 4.69) is 40.1 Å². The first-order valence-corrected chi connectivity index (χ1v) is 10.3. The van der Waals surface area contributed by atoms with Gasteiger partial charge < -0.3 is 9.64 Å². The van der Waals surface area contributed by atoms with Gasteiger partial charge >= 0.3 is 0 Å². The number of amides is 1. The van der Waals surface area contributed by atoms with Crippen molar-refractivity contribution in [3.8, 4) is 5.75 Å². The molecule has 0 saturated heterocycles. The maximum Gasteiger partial charge on any atom is 0.263 e. The van der Waals surface area contributed by atoms with Crippen molar-refractivity contribution in [3.63, 3.8) is 0 Å². The van der Waals surface area contributed by atoms with Gasteiger partial charge in [-0.05, 0) is 49.2 Å². The molecule has 1 amide bonds. The molecule has 6 heteroatoms. The van der Waals surface area contributed by atoms with Crippen LogP contribution in [-0.2, 0) is 0 Å². The summed E-state index contributed by atoms with van der Waals surface area (Å²) in [5.74, 6) is 0.516. The van der Waals surface area contributed by atoms with Crippen LogP contribution in [0.4, 0.5) is 5.13 Å². The Morgan fingerprint density at radius 2 is 1.89 bits per heavy atom. The number of nitrogens with zero attached hydrogens (tertiary/aromatic N) is 2. The Labute approximate surface area is 170 Å². The van der Waals surface area contributed by atoms with E-state index in [0.717, 1.165) is 28.3 Å². The van der Waals surface area contributed by atoms with Crippen LogP contribution >= 0.6 is 11.3 Å². The van der Waals surface area contributed by atoms with Gasteiger partial charge in [-0.15, -0.1) is 0 Å². The summed E-state index contributed by atoms with van der Waals surface area (Å²) in [5.41, 5.74) is 3.96. The summed E-state index contributed by atoms with van der Waals surface area (Å²) in [7, 11) is 5.83. The van der Waals surface area contributed by atoms with E-state index in [9.17, 15) is 4.79 Å². The lowest BCUT2D eigenvalue weighted by Gasteiger charge is -2.21. The van der Waals surface area contributed by atoms with Crippen LogP contribution in [0.25, 0.3) is 10.2 Å². The molecule has 2 aromatic carbocycles. The molecular formula is C22H28N3O2S+. The summed E-state index contributed by atoms with van der Waals surface area (Å²) in [5, 5.41) is 0.740. The highest BCUT2D eigenvalue weighted by Crippen LogP contribution is 2.32. The second-order valence-corrected chi connectivity index (χ2v) is 8.38. The highest BCUT2D eigenvalue weighted by Gasteiger charge is 2.24. The molecule has 0 unspecified atom stereocenters. The number of anilines is 1. The fourth-order valence-electron chi connectivity index (χ4n) is 3.12. The predicted octanol–water partition coefficient (Wildman–Crippen LogP) is 3.10. The van der Waals surface area contributed by atoms with Gasteiger partial charge in [-0.1, -0.05) is 23.5 Å². The number of aryl methyl sites for hydroxylation is 2. The molecule has 0 radical (unpaired) electrons. The number of aromatic nitrogens is 1. The average molecular weight is 399 g/mol. The number of methoxy groups -OCH3 is 1. The minimum absolute atomic E-state index is 0.0706. The summed E-state index contributed by atoms with van der Waals surface area (Å²) in [6, 6.07) is 11.6. The van der Waals surface area contributed by atoms with Crippen molar-refractivity contribution in [1.82, 2.24) is 4.98 Å². The van der Waals surface area contributed by atoms with E-state index >= 15 is 0 Å². The van der Waals surface area contributed by atoms with Crippen molar-refractivity contribution < 1.29 is 14.4 Å². The number of quaternary nitrogens is 1. The largest absolute Gasteiger partial charge is 0.496 e. The fraction of sp³-hybridized carbons (Fsp3) is 0.364. The Kier molecular flexibility index (Phi) is 6.31. The van der Waals surface area contributed by atoms with E-state index in [0.29, 0.717) is 17.9 Å². The zero-order valence-corrected chi connectivity index (χ0v) is 18.0. The van der Waals surface area contributed by atoms with Gasteiger partial charge in [-0.2, -0.15) is 0 Å². The Morgan fingerprint density at radius 1 is 1.18 bits per heavy atom. The van der Waals surface area contributed by atoms with Crippen LogP contribution in [0.3, 0.4) is 0 Å². The monoisotopic (exact) mass is 398 g/mol. The lowest BCUT2D eigenvalue weighted by Crippen LogP contribution is -3.05. The van der Waals surface area contributed by atoms with Gasteiger partial charge in [-0.3, -0.25) is 9.69 Å². The number of para-hydroxylation sites is 1. The highest BCUT2D eigenvalue weighted by molar-refractivity contribution is 7.22. The fourth-order valence-corrected chi connectivity index (χ4v) is 4.19. The van der Waals surface area contributed by atoms with Gasteiger partial charge in [0.05, 0.1) is 43.5 Å². The predicted molar refractivity (Wildman–Crippen MR) is 116 cm³/mol. The molecule has 28 heavy (non-hydrogen) atoms. The average Bonchev–Trinajstić information content (AvgIpc) is 3.07. The summed E-state index contributed by atoms with van der Waals surface area (Å²) < 4.78 is 6.52. The molecule has 1 N–H and O–H groups in total. The first kappa shape index (κ1) is 20.3. The van der Waals surface area contributed by atoms with Crippen molar-refractivity contribution in [2.75, 3.05) is 39.2 Å². The Bertz CT molecular complexity index is 942. The molecule has 0 aliphatic rings. The number of hydrogen-bond acceptors (Lipinski definition) is 4. The normalized spacial score (nSPS) is 11.2. The summed E-state index contributed by atoms with van der Waals surface area (Å²) in [6.07, 6.45) is 0.900. The second-order valence-electron chi connectivity index (χ2n) is 7.37. The first-order chi connectivity index (χ1) is 13.4. The minimum atomic E-state index is -0.0706. The molecule has 5 nitrogen and oxygen atoms in total. The number of carbonyl (C=O) groups excluding carboxylic acids is 1. The van der Waals surface area contributed by atoms with E-state index in [-0.39, 0.29) is 5.91 Å². The lowest BCUT2D eigenvalue weighted by molar-refractivity contribution is -0.858. The van der Waals surface area contributed by atoms with Crippen molar-refractivity contribution in [3.05, 3.63) is 53.1 Å².